The Morgan fingerprint density at radius 2 is 1.62 bits per heavy atom. The lowest BCUT2D eigenvalue weighted by Crippen LogP contribution is -2.28. The number of aryl methyl sites for hydroxylation is 1. The maximum absolute atomic E-state index is 14.8. The van der Waals surface area contributed by atoms with E-state index in [9.17, 15) is 9.18 Å². The number of rotatable bonds is 6. The third kappa shape index (κ3) is 4.37. The van der Waals surface area contributed by atoms with Gasteiger partial charge in [0.1, 0.15) is 29.6 Å². The molecule has 8 nitrogen and oxygen atoms in total. The van der Waals surface area contributed by atoms with Crippen LogP contribution in [0.5, 0.6) is 0 Å². The van der Waals surface area contributed by atoms with Crippen LogP contribution in [0.25, 0.3) is 38.6 Å². The van der Waals surface area contributed by atoms with E-state index >= 15 is 0 Å². The minimum atomic E-state index is -0.466. The van der Waals surface area contributed by atoms with Gasteiger partial charge < -0.3 is 5.32 Å². The van der Waals surface area contributed by atoms with Gasteiger partial charge in [0.15, 0.2) is 0 Å². The van der Waals surface area contributed by atoms with E-state index in [4.69, 9.17) is 4.98 Å². The normalized spacial score (nSPS) is 12.1. The molecule has 3 heterocycles. The summed E-state index contributed by atoms with van der Waals surface area (Å²) in [6.07, 6.45) is 5.37. The van der Waals surface area contributed by atoms with Crippen molar-refractivity contribution in [1.29, 1.82) is 0 Å². The number of hydrogen-bond acceptors (Lipinski definition) is 7. The largest absolute Gasteiger partial charge is 0.359 e. The molecule has 0 spiro atoms. The van der Waals surface area contributed by atoms with Gasteiger partial charge in [-0.25, -0.2) is 29.3 Å². The standard InChI is InChI=1S/C30H24FN7O/c1-3-23(36-28-27-22(31)12-8-13-24(27)34-17-35-28)29-37-25-14-7-11-21(19-15-32-18(2)33-16-19)26(25)30(39)38(29)20-9-5-4-6-10-20/h4-17,23H,3H2,1-2H3,(H,34,35,36). The van der Waals surface area contributed by atoms with E-state index in [1.54, 1.807) is 29.1 Å². The predicted molar refractivity (Wildman–Crippen MR) is 149 cm³/mol. The number of benzene rings is 3. The molecule has 6 rings (SSSR count). The molecule has 0 aliphatic heterocycles. The van der Waals surface area contributed by atoms with Crippen LogP contribution in [0.3, 0.4) is 0 Å². The monoisotopic (exact) mass is 517 g/mol. The van der Waals surface area contributed by atoms with Gasteiger partial charge in [-0.3, -0.25) is 9.36 Å². The van der Waals surface area contributed by atoms with E-state index in [0.29, 0.717) is 51.6 Å². The summed E-state index contributed by atoms with van der Waals surface area (Å²) in [6.45, 7) is 3.79. The van der Waals surface area contributed by atoms with Crippen LogP contribution in [0.1, 0.15) is 31.0 Å². The smallest absolute Gasteiger partial charge is 0.266 e. The minimum absolute atomic E-state index is 0.226. The lowest BCUT2D eigenvalue weighted by molar-refractivity contribution is 0.636. The van der Waals surface area contributed by atoms with Gasteiger partial charge in [-0.05, 0) is 49.2 Å². The zero-order valence-electron chi connectivity index (χ0n) is 21.3. The number of halogens is 1. The maximum atomic E-state index is 14.8. The molecule has 0 saturated carbocycles. The van der Waals surface area contributed by atoms with Crippen LogP contribution in [0.2, 0.25) is 0 Å². The molecule has 3 aromatic carbocycles. The third-order valence-corrected chi connectivity index (χ3v) is 6.67. The van der Waals surface area contributed by atoms with Crippen LogP contribution in [-0.2, 0) is 0 Å². The van der Waals surface area contributed by atoms with Crippen molar-refractivity contribution in [2.45, 2.75) is 26.3 Å². The van der Waals surface area contributed by atoms with E-state index in [1.807, 2.05) is 62.4 Å². The highest BCUT2D eigenvalue weighted by atomic mass is 19.1. The molecular weight excluding hydrogens is 493 g/mol. The van der Waals surface area contributed by atoms with Gasteiger partial charge in [-0.2, -0.15) is 0 Å². The topological polar surface area (TPSA) is 98.5 Å². The quantitative estimate of drug-likeness (QED) is 0.298. The summed E-state index contributed by atoms with van der Waals surface area (Å²) in [4.78, 5) is 36.5. The van der Waals surface area contributed by atoms with Gasteiger partial charge >= 0.3 is 0 Å². The van der Waals surface area contributed by atoms with E-state index in [0.717, 1.165) is 5.56 Å². The lowest BCUT2D eigenvalue weighted by atomic mass is 10.0. The fourth-order valence-corrected chi connectivity index (χ4v) is 4.77. The molecule has 192 valence electrons. The Kier molecular flexibility index (Phi) is 6.24. The van der Waals surface area contributed by atoms with Crippen molar-refractivity contribution in [3.05, 3.63) is 113 Å². The molecule has 0 aliphatic rings. The highest BCUT2D eigenvalue weighted by Crippen LogP contribution is 2.30. The fourth-order valence-electron chi connectivity index (χ4n) is 4.77. The Balaban J connectivity index is 1.59. The number of hydrogen-bond donors (Lipinski definition) is 1. The van der Waals surface area contributed by atoms with E-state index in [1.165, 1.54) is 12.4 Å². The van der Waals surface area contributed by atoms with Crippen LogP contribution in [0, 0.1) is 12.7 Å². The van der Waals surface area contributed by atoms with Crippen molar-refractivity contribution in [3.63, 3.8) is 0 Å². The number of aromatic nitrogens is 6. The summed E-state index contributed by atoms with van der Waals surface area (Å²) < 4.78 is 16.5. The Morgan fingerprint density at radius 1 is 0.872 bits per heavy atom. The number of nitrogens with zero attached hydrogens (tertiary/aromatic N) is 6. The Bertz CT molecular complexity index is 1870. The zero-order chi connectivity index (χ0) is 26.9. The van der Waals surface area contributed by atoms with Crippen LogP contribution < -0.4 is 10.9 Å². The number of para-hydroxylation sites is 1. The predicted octanol–water partition coefficient (Wildman–Crippen LogP) is 5.80. The fraction of sp³-hybridized carbons (Fsp3) is 0.133. The summed E-state index contributed by atoms with van der Waals surface area (Å²) >= 11 is 0. The molecule has 1 atom stereocenters. The molecule has 1 unspecified atom stereocenters. The molecule has 1 N–H and O–H groups in total. The second-order valence-corrected chi connectivity index (χ2v) is 9.13. The summed E-state index contributed by atoms with van der Waals surface area (Å²) in [5.41, 5.74) is 2.90. The van der Waals surface area contributed by atoms with Crippen LogP contribution in [0.4, 0.5) is 10.2 Å². The van der Waals surface area contributed by atoms with Gasteiger partial charge in [-0.1, -0.05) is 43.3 Å². The SMILES string of the molecule is CCC(Nc1ncnc2cccc(F)c12)c1nc2cccc(-c3cnc(C)nc3)c2c(=O)n1-c1ccccc1. The minimum Gasteiger partial charge on any atom is -0.359 e. The molecule has 0 saturated heterocycles. The van der Waals surface area contributed by atoms with Crippen molar-refractivity contribution in [2.24, 2.45) is 0 Å². The average Bonchev–Trinajstić information content (AvgIpc) is 2.96. The Hall–Kier alpha value is -5.05. The zero-order valence-corrected chi connectivity index (χ0v) is 21.3. The number of nitrogens with one attached hydrogen (secondary N) is 1. The van der Waals surface area contributed by atoms with Gasteiger partial charge in [0.05, 0.1) is 33.5 Å². The highest BCUT2D eigenvalue weighted by molar-refractivity contribution is 5.94. The lowest BCUT2D eigenvalue weighted by Gasteiger charge is -2.23. The van der Waals surface area contributed by atoms with Crippen molar-refractivity contribution in [2.75, 3.05) is 5.32 Å². The Labute approximate surface area is 223 Å². The molecule has 6 aromatic rings. The molecular formula is C30H24FN7O. The number of fused-ring (bicyclic) bond motifs is 2. The highest BCUT2D eigenvalue weighted by Gasteiger charge is 2.23. The van der Waals surface area contributed by atoms with Crippen molar-refractivity contribution in [3.8, 4) is 16.8 Å². The van der Waals surface area contributed by atoms with Gasteiger partial charge in [-0.15, -0.1) is 0 Å². The van der Waals surface area contributed by atoms with Crippen LogP contribution in [0.15, 0.2) is 90.2 Å². The molecule has 0 bridgehead atoms. The van der Waals surface area contributed by atoms with Crippen molar-refractivity contribution < 1.29 is 4.39 Å². The van der Waals surface area contributed by atoms with E-state index in [2.05, 4.69) is 25.3 Å². The summed E-state index contributed by atoms with van der Waals surface area (Å²) in [7, 11) is 0. The first-order valence-corrected chi connectivity index (χ1v) is 12.6. The molecule has 3 aromatic heterocycles. The first-order chi connectivity index (χ1) is 19.0. The second-order valence-electron chi connectivity index (χ2n) is 9.13. The molecule has 0 aliphatic carbocycles. The van der Waals surface area contributed by atoms with E-state index in [-0.39, 0.29) is 10.9 Å². The first-order valence-electron chi connectivity index (χ1n) is 12.6. The molecule has 0 radical (unpaired) electrons. The van der Waals surface area contributed by atoms with Crippen LogP contribution in [-0.4, -0.2) is 29.5 Å². The second kappa shape index (κ2) is 10.0. The molecule has 0 amide bonds. The van der Waals surface area contributed by atoms with E-state index < -0.39 is 11.9 Å². The number of anilines is 1. The van der Waals surface area contributed by atoms with Crippen molar-refractivity contribution >= 4 is 27.6 Å². The summed E-state index contributed by atoms with van der Waals surface area (Å²) in [5, 5.41) is 4.10. The molecule has 39 heavy (non-hydrogen) atoms. The Morgan fingerprint density at radius 3 is 2.38 bits per heavy atom. The third-order valence-electron chi connectivity index (χ3n) is 6.67. The molecule has 9 heteroatoms. The van der Waals surface area contributed by atoms with Crippen LogP contribution >= 0.6 is 0 Å². The summed E-state index contributed by atoms with van der Waals surface area (Å²) in [5.74, 6) is 1.04. The van der Waals surface area contributed by atoms with Gasteiger partial charge in [0, 0.05) is 18.0 Å². The molecule has 0 fully saturated rings. The van der Waals surface area contributed by atoms with Crippen molar-refractivity contribution in [1.82, 2.24) is 29.5 Å². The van der Waals surface area contributed by atoms with Gasteiger partial charge in [0.25, 0.3) is 5.56 Å². The average molecular weight is 518 g/mol. The maximum Gasteiger partial charge on any atom is 0.266 e. The summed E-state index contributed by atoms with van der Waals surface area (Å²) in [6, 6.07) is 19.2. The first kappa shape index (κ1) is 24.3. The van der Waals surface area contributed by atoms with Gasteiger partial charge in [0.2, 0.25) is 0 Å².